The molecule has 3 N–H and O–H groups in total. The number of nitrogen functional groups attached to an aromatic ring is 1. The maximum atomic E-state index is 5.46. The Balaban J connectivity index is 1.68. The van der Waals surface area contributed by atoms with Gasteiger partial charge in [-0.2, -0.15) is 9.36 Å². The molecule has 6 heteroatoms. The number of nitrogens with one attached hydrogen (secondary N) is 1. The van der Waals surface area contributed by atoms with Crippen molar-refractivity contribution in [2.75, 3.05) is 37.2 Å². The van der Waals surface area contributed by atoms with Crippen LogP contribution in [-0.4, -0.2) is 40.4 Å². The molecule has 1 fully saturated rings. The molecule has 1 aromatic heterocycles. The van der Waals surface area contributed by atoms with Crippen molar-refractivity contribution in [3.05, 3.63) is 0 Å². The molecule has 0 radical (unpaired) electrons. The lowest BCUT2D eigenvalue weighted by atomic mass is 10.2. The Bertz CT molecular complexity index is 321. The molecule has 1 aliphatic heterocycles. The van der Waals surface area contributed by atoms with E-state index < -0.39 is 0 Å². The number of anilines is 2. The normalized spacial score (nSPS) is 18.8. The summed E-state index contributed by atoms with van der Waals surface area (Å²) < 4.78 is 3.93. The second-order valence-corrected chi connectivity index (χ2v) is 5.20. The van der Waals surface area contributed by atoms with Gasteiger partial charge in [0.15, 0.2) is 0 Å². The van der Waals surface area contributed by atoms with E-state index in [1.54, 1.807) is 0 Å². The summed E-state index contributed by atoms with van der Waals surface area (Å²) in [5.41, 5.74) is 5.46. The molecule has 90 valence electrons. The fraction of sp³-hybridized carbons (Fsp3) is 0.800. The highest BCUT2D eigenvalue weighted by Crippen LogP contribution is 2.14. The van der Waals surface area contributed by atoms with E-state index in [2.05, 4.69) is 26.5 Å². The van der Waals surface area contributed by atoms with Crippen molar-refractivity contribution in [1.29, 1.82) is 0 Å². The van der Waals surface area contributed by atoms with Gasteiger partial charge in [0.25, 0.3) is 0 Å². The fourth-order valence-corrected chi connectivity index (χ4v) is 2.54. The maximum absolute atomic E-state index is 5.46. The van der Waals surface area contributed by atoms with Gasteiger partial charge in [0.05, 0.1) is 0 Å². The molecular weight excluding hydrogens is 222 g/mol. The molecule has 0 amide bonds. The van der Waals surface area contributed by atoms with E-state index in [9.17, 15) is 0 Å². The summed E-state index contributed by atoms with van der Waals surface area (Å²) in [5, 5.41) is 4.10. The monoisotopic (exact) mass is 241 g/mol. The van der Waals surface area contributed by atoms with Crippen molar-refractivity contribution in [3.8, 4) is 0 Å². The highest BCUT2D eigenvalue weighted by Gasteiger charge is 2.14. The standard InChI is InChI=1S/C10H19N5S/c1-8(7-15-4-2-3-5-15)6-12-10-13-9(11)14-16-10/h8H,2-7H2,1H3,(H3,11,12,13,14). The first kappa shape index (κ1) is 11.6. The predicted octanol–water partition coefficient (Wildman–Crippen LogP) is 1.26. The Morgan fingerprint density at radius 3 is 2.88 bits per heavy atom. The van der Waals surface area contributed by atoms with E-state index in [-0.39, 0.29) is 0 Å². The van der Waals surface area contributed by atoms with Crippen LogP contribution in [-0.2, 0) is 0 Å². The molecule has 16 heavy (non-hydrogen) atoms. The molecule has 5 nitrogen and oxygen atoms in total. The zero-order valence-corrected chi connectivity index (χ0v) is 10.5. The summed E-state index contributed by atoms with van der Waals surface area (Å²) in [5.74, 6) is 0.989. The minimum Gasteiger partial charge on any atom is -0.367 e. The van der Waals surface area contributed by atoms with Gasteiger partial charge in [0, 0.05) is 24.6 Å². The Hall–Kier alpha value is -0.880. The number of nitrogens with zero attached hydrogens (tertiary/aromatic N) is 3. The second-order valence-electron chi connectivity index (χ2n) is 4.45. The van der Waals surface area contributed by atoms with E-state index in [0.29, 0.717) is 11.9 Å². The molecule has 2 rings (SSSR count). The predicted molar refractivity (Wildman–Crippen MR) is 67.6 cm³/mol. The molecule has 1 aliphatic rings. The van der Waals surface area contributed by atoms with Crippen LogP contribution in [0.5, 0.6) is 0 Å². The highest BCUT2D eigenvalue weighted by molar-refractivity contribution is 7.09. The SMILES string of the molecule is CC(CNc1nc(N)ns1)CN1CCCC1. The third-order valence-electron chi connectivity index (χ3n) is 2.81. The van der Waals surface area contributed by atoms with Crippen LogP contribution >= 0.6 is 11.5 Å². The molecule has 1 aromatic rings. The van der Waals surface area contributed by atoms with E-state index in [1.807, 2.05) is 0 Å². The zero-order valence-electron chi connectivity index (χ0n) is 9.65. The van der Waals surface area contributed by atoms with Crippen LogP contribution in [0.2, 0.25) is 0 Å². The number of hydrogen-bond acceptors (Lipinski definition) is 6. The molecule has 1 saturated heterocycles. The lowest BCUT2D eigenvalue weighted by Crippen LogP contribution is -2.28. The van der Waals surface area contributed by atoms with Crippen LogP contribution in [0, 0.1) is 5.92 Å². The average Bonchev–Trinajstić information content (AvgIpc) is 2.87. The number of likely N-dealkylation sites (tertiary alicyclic amines) is 1. The van der Waals surface area contributed by atoms with Crippen LogP contribution in [0.25, 0.3) is 0 Å². The summed E-state index contributed by atoms with van der Waals surface area (Å²) in [6.07, 6.45) is 2.71. The number of aromatic nitrogens is 2. The van der Waals surface area contributed by atoms with E-state index >= 15 is 0 Å². The van der Waals surface area contributed by atoms with Crippen LogP contribution in [0.15, 0.2) is 0 Å². The number of rotatable bonds is 5. The van der Waals surface area contributed by atoms with Gasteiger partial charge >= 0.3 is 0 Å². The fourth-order valence-electron chi connectivity index (χ4n) is 2.04. The summed E-state index contributed by atoms with van der Waals surface area (Å²) in [6.45, 7) is 6.88. The lowest BCUT2D eigenvalue weighted by molar-refractivity contribution is 0.294. The number of hydrogen-bond donors (Lipinski definition) is 2. The van der Waals surface area contributed by atoms with Crippen LogP contribution in [0.4, 0.5) is 11.1 Å². The summed E-state index contributed by atoms with van der Waals surface area (Å²) in [4.78, 5) is 6.60. The van der Waals surface area contributed by atoms with Crippen molar-refractivity contribution >= 4 is 22.6 Å². The lowest BCUT2D eigenvalue weighted by Gasteiger charge is -2.20. The van der Waals surface area contributed by atoms with E-state index in [1.165, 1.54) is 44.0 Å². The van der Waals surface area contributed by atoms with Gasteiger partial charge < -0.3 is 16.0 Å². The minimum atomic E-state index is 0.361. The summed E-state index contributed by atoms with van der Waals surface area (Å²) in [6, 6.07) is 0. The van der Waals surface area contributed by atoms with Gasteiger partial charge in [0.1, 0.15) is 0 Å². The molecule has 0 saturated carbocycles. The molecule has 1 atom stereocenters. The Morgan fingerprint density at radius 1 is 1.50 bits per heavy atom. The Kier molecular flexibility index (Phi) is 3.95. The molecule has 0 aliphatic carbocycles. The molecule has 0 spiro atoms. The topological polar surface area (TPSA) is 67.1 Å². The third-order valence-corrected chi connectivity index (χ3v) is 3.50. The molecular formula is C10H19N5S. The van der Waals surface area contributed by atoms with Crippen LogP contribution in [0.1, 0.15) is 19.8 Å². The van der Waals surface area contributed by atoms with Crippen molar-refractivity contribution in [3.63, 3.8) is 0 Å². The van der Waals surface area contributed by atoms with Crippen molar-refractivity contribution in [2.45, 2.75) is 19.8 Å². The first-order chi connectivity index (χ1) is 7.74. The van der Waals surface area contributed by atoms with Gasteiger partial charge in [-0.25, -0.2) is 0 Å². The molecule has 2 heterocycles. The largest absolute Gasteiger partial charge is 0.367 e. The van der Waals surface area contributed by atoms with E-state index in [4.69, 9.17) is 5.73 Å². The second kappa shape index (κ2) is 5.45. The van der Waals surface area contributed by atoms with Crippen molar-refractivity contribution < 1.29 is 0 Å². The van der Waals surface area contributed by atoms with Crippen molar-refractivity contribution in [2.24, 2.45) is 5.92 Å². The zero-order chi connectivity index (χ0) is 11.4. The summed E-state index contributed by atoms with van der Waals surface area (Å²) in [7, 11) is 0. The average molecular weight is 241 g/mol. The molecule has 0 bridgehead atoms. The first-order valence-electron chi connectivity index (χ1n) is 5.79. The number of nitrogens with two attached hydrogens (primary N) is 1. The summed E-state index contributed by atoms with van der Waals surface area (Å²) >= 11 is 1.32. The highest BCUT2D eigenvalue weighted by atomic mass is 32.1. The van der Waals surface area contributed by atoms with Crippen LogP contribution in [0.3, 0.4) is 0 Å². The van der Waals surface area contributed by atoms with Gasteiger partial charge in [-0.05, 0) is 31.8 Å². The smallest absolute Gasteiger partial charge is 0.233 e. The Morgan fingerprint density at radius 2 is 2.25 bits per heavy atom. The molecule has 1 unspecified atom stereocenters. The van der Waals surface area contributed by atoms with Gasteiger partial charge in [0.2, 0.25) is 11.1 Å². The van der Waals surface area contributed by atoms with Gasteiger partial charge in [-0.1, -0.05) is 6.92 Å². The van der Waals surface area contributed by atoms with Gasteiger partial charge in [-0.3, -0.25) is 0 Å². The molecule has 0 aromatic carbocycles. The minimum absolute atomic E-state index is 0.361. The maximum Gasteiger partial charge on any atom is 0.233 e. The van der Waals surface area contributed by atoms with Crippen molar-refractivity contribution in [1.82, 2.24) is 14.3 Å². The quantitative estimate of drug-likeness (QED) is 0.812. The van der Waals surface area contributed by atoms with E-state index in [0.717, 1.165) is 11.7 Å². The Labute approximate surface area is 100 Å². The first-order valence-corrected chi connectivity index (χ1v) is 6.57. The van der Waals surface area contributed by atoms with Crippen LogP contribution < -0.4 is 11.1 Å². The van der Waals surface area contributed by atoms with Gasteiger partial charge in [-0.15, -0.1) is 0 Å². The third kappa shape index (κ3) is 3.31.